The molecule has 0 atom stereocenters. The molecule has 8 nitrogen and oxygen atoms in total. The topological polar surface area (TPSA) is 103 Å². The van der Waals surface area contributed by atoms with Crippen LogP contribution in [-0.4, -0.2) is 38.7 Å². The number of rotatable bonds is 6. The highest BCUT2D eigenvalue weighted by Gasteiger charge is 2.12. The Morgan fingerprint density at radius 1 is 1.04 bits per heavy atom. The smallest absolute Gasteiger partial charge is 0.337 e. The van der Waals surface area contributed by atoms with Gasteiger partial charge in [0, 0.05) is 5.69 Å². The lowest BCUT2D eigenvalue weighted by Gasteiger charge is -2.10. The molecule has 0 radical (unpaired) electrons. The Kier molecular flexibility index (Phi) is 7.01. The fourth-order valence-electron chi connectivity index (χ4n) is 2.01. The van der Waals surface area contributed by atoms with Crippen LogP contribution in [0.25, 0.3) is 0 Å². The largest absolute Gasteiger partial charge is 0.497 e. The van der Waals surface area contributed by atoms with Crippen molar-refractivity contribution in [2.24, 2.45) is 0 Å². The van der Waals surface area contributed by atoms with E-state index in [0.717, 1.165) is 0 Å². The standard InChI is InChI=1S/C18H17ClN2O6/c1-25-13-6-4-12(5-7-13)20-18(24)21-16(22)10-27-15-8-3-11(9-14(15)19)17(23)26-2/h3-9H,10H2,1-2H3,(H2,20,21,22,24). The third-order valence-electron chi connectivity index (χ3n) is 3.31. The van der Waals surface area contributed by atoms with E-state index in [9.17, 15) is 14.4 Å². The number of carbonyl (C=O) groups excluding carboxylic acids is 3. The molecule has 0 heterocycles. The number of ether oxygens (including phenoxy) is 3. The minimum atomic E-state index is -0.707. The number of amides is 3. The average molecular weight is 393 g/mol. The quantitative estimate of drug-likeness (QED) is 0.733. The molecule has 2 aromatic rings. The lowest BCUT2D eigenvalue weighted by atomic mass is 10.2. The number of anilines is 1. The third kappa shape index (κ3) is 5.89. The molecule has 0 saturated carbocycles. The predicted octanol–water partition coefficient (Wildman–Crippen LogP) is 2.86. The normalized spacial score (nSPS) is 9.89. The van der Waals surface area contributed by atoms with Gasteiger partial charge >= 0.3 is 12.0 Å². The summed E-state index contributed by atoms with van der Waals surface area (Å²) in [6, 6.07) is 10.1. The monoisotopic (exact) mass is 392 g/mol. The van der Waals surface area contributed by atoms with Gasteiger partial charge < -0.3 is 19.5 Å². The zero-order valence-corrected chi connectivity index (χ0v) is 15.3. The van der Waals surface area contributed by atoms with Gasteiger partial charge in [0.2, 0.25) is 0 Å². The summed E-state index contributed by atoms with van der Waals surface area (Å²) in [4.78, 5) is 35.0. The van der Waals surface area contributed by atoms with Crippen molar-refractivity contribution < 1.29 is 28.6 Å². The number of benzene rings is 2. The second-order valence-electron chi connectivity index (χ2n) is 5.16. The number of halogens is 1. The minimum absolute atomic E-state index is 0.133. The Morgan fingerprint density at radius 2 is 1.74 bits per heavy atom. The molecule has 0 aromatic heterocycles. The molecule has 142 valence electrons. The zero-order chi connectivity index (χ0) is 19.8. The van der Waals surface area contributed by atoms with Gasteiger partial charge in [0.05, 0.1) is 24.8 Å². The fourth-order valence-corrected chi connectivity index (χ4v) is 2.24. The number of carbonyl (C=O) groups is 3. The van der Waals surface area contributed by atoms with Gasteiger partial charge in [-0.1, -0.05) is 11.6 Å². The van der Waals surface area contributed by atoms with Crippen LogP contribution in [0.5, 0.6) is 11.5 Å². The van der Waals surface area contributed by atoms with E-state index in [1.807, 2.05) is 0 Å². The second-order valence-corrected chi connectivity index (χ2v) is 5.56. The van der Waals surface area contributed by atoms with Gasteiger partial charge in [-0.15, -0.1) is 0 Å². The predicted molar refractivity (Wildman–Crippen MR) is 98.4 cm³/mol. The maximum Gasteiger partial charge on any atom is 0.337 e. The SMILES string of the molecule is COC(=O)c1ccc(OCC(=O)NC(=O)Nc2ccc(OC)cc2)c(Cl)c1. The van der Waals surface area contributed by atoms with E-state index < -0.39 is 24.5 Å². The highest BCUT2D eigenvalue weighted by Crippen LogP contribution is 2.25. The van der Waals surface area contributed by atoms with Crippen molar-refractivity contribution in [1.82, 2.24) is 5.32 Å². The van der Waals surface area contributed by atoms with E-state index in [2.05, 4.69) is 15.4 Å². The molecule has 0 spiro atoms. The maximum absolute atomic E-state index is 11.8. The number of urea groups is 1. The summed E-state index contributed by atoms with van der Waals surface area (Å²) in [6.07, 6.45) is 0. The van der Waals surface area contributed by atoms with Crippen LogP contribution < -0.4 is 20.1 Å². The Balaban J connectivity index is 1.84. The molecule has 2 N–H and O–H groups in total. The molecular formula is C18H17ClN2O6. The van der Waals surface area contributed by atoms with Gasteiger partial charge in [0.1, 0.15) is 11.5 Å². The van der Waals surface area contributed by atoms with Crippen LogP contribution in [0.3, 0.4) is 0 Å². The molecule has 3 amide bonds. The molecule has 0 bridgehead atoms. The van der Waals surface area contributed by atoms with Crippen molar-refractivity contribution in [3.8, 4) is 11.5 Å². The highest BCUT2D eigenvalue weighted by atomic mass is 35.5. The van der Waals surface area contributed by atoms with E-state index >= 15 is 0 Å². The summed E-state index contributed by atoms with van der Waals surface area (Å²) in [6.45, 7) is -0.437. The van der Waals surface area contributed by atoms with Gasteiger partial charge in [-0.05, 0) is 42.5 Å². The first-order valence-electron chi connectivity index (χ1n) is 7.68. The highest BCUT2D eigenvalue weighted by molar-refractivity contribution is 6.32. The molecule has 0 aliphatic rings. The molecule has 2 aromatic carbocycles. The number of hydrogen-bond donors (Lipinski definition) is 2. The average Bonchev–Trinajstić information content (AvgIpc) is 2.66. The summed E-state index contributed by atoms with van der Waals surface area (Å²) < 4.78 is 14.9. The lowest BCUT2D eigenvalue weighted by molar-refractivity contribution is -0.121. The number of methoxy groups -OCH3 is 2. The Hall–Kier alpha value is -3.26. The van der Waals surface area contributed by atoms with Crippen molar-refractivity contribution in [3.05, 3.63) is 53.1 Å². The van der Waals surface area contributed by atoms with E-state index in [1.165, 1.54) is 32.4 Å². The second kappa shape index (κ2) is 9.44. The first kappa shape index (κ1) is 20.1. The van der Waals surface area contributed by atoms with Crippen LogP contribution in [0.2, 0.25) is 5.02 Å². The first-order valence-corrected chi connectivity index (χ1v) is 8.06. The summed E-state index contributed by atoms with van der Waals surface area (Å²) in [5.41, 5.74) is 0.738. The third-order valence-corrected chi connectivity index (χ3v) is 3.61. The molecular weight excluding hydrogens is 376 g/mol. The van der Waals surface area contributed by atoms with Crippen LogP contribution >= 0.6 is 11.6 Å². The molecule has 27 heavy (non-hydrogen) atoms. The molecule has 0 fully saturated rings. The molecule has 9 heteroatoms. The van der Waals surface area contributed by atoms with Crippen molar-refractivity contribution in [2.45, 2.75) is 0 Å². The van der Waals surface area contributed by atoms with Crippen molar-refractivity contribution in [1.29, 1.82) is 0 Å². The van der Waals surface area contributed by atoms with E-state index in [4.69, 9.17) is 21.1 Å². The van der Waals surface area contributed by atoms with Crippen LogP contribution in [0.4, 0.5) is 10.5 Å². The van der Waals surface area contributed by atoms with Crippen molar-refractivity contribution in [3.63, 3.8) is 0 Å². The van der Waals surface area contributed by atoms with Gasteiger partial charge in [-0.25, -0.2) is 9.59 Å². The molecule has 0 aliphatic heterocycles. The molecule has 2 rings (SSSR count). The number of nitrogens with one attached hydrogen (secondary N) is 2. The van der Waals surface area contributed by atoms with Crippen molar-refractivity contribution >= 4 is 35.2 Å². The zero-order valence-electron chi connectivity index (χ0n) is 14.6. The van der Waals surface area contributed by atoms with Gasteiger partial charge in [-0.2, -0.15) is 0 Å². The maximum atomic E-state index is 11.8. The van der Waals surface area contributed by atoms with E-state index in [0.29, 0.717) is 11.4 Å². The van der Waals surface area contributed by atoms with Crippen molar-refractivity contribution in [2.75, 3.05) is 26.1 Å². The fraction of sp³-hybridized carbons (Fsp3) is 0.167. The van der Waals surface area contributed by atoms with Crippen LogP contribution in [0.15, 0.2) is 42.5 Å². The van der Waals surface area contributed by atoms with Crippen LogP contribution in [0.1, 0.15) is 10.4 Å². The Morgan fingerprint density at radius 3 is 2.33 bits per heavy atom. The number of esters is 1. The Labute approximate surface area is 160 Å². The molecule has 0 unspecified atom stereocenters. The number of hydrogen-bond acceptors (Lipinski definition) is 6. The first-order chi connectivity index (χ1) is 12.9. The minimum Gasteiger partial charge on any atom is -0.497 e. The summed E-state index contributed by atoms with van der Waals surface area (Å²) in [5, 5.41) is 4.76. The van der Waals surface area contributed by atoms with Crippen LogP contribution in [0, 0.1) is 0 Å². The van der Waals surface area contributed by atoms with Gasteiger partial charge in [0.15, 0.2) is 6.61 Å². The lowest BCUT2D eigenvalue weighted by Crippen LogP contribution is -2.37. The van der Waals surface area contributed by atoms with Gasteiger partial charge in [-0.3, -0.25) is 10.1 Å². The van der Waals surface area contributed by atoms with E-state index in [-0.39, 0.29) is 16.3 Å². The number of imide groups is 1. The van der Waals surface area contributed by atoms with Gasteiger partial charge in [0.25, 0.3) is 5.91 Å². The summed E-state index contributed by atoms with van der Waals surface area (Å²) in [7, 11) is 2.78. The van der Waals surface area contributed by atoms with Crippen LogP contribution in [-0.2, 0) is 9.53 Å². The Bertz CT molecular complexity index is 838. The molecule has 0 saturated heterocycles. The summed E-state index contributed by atoms with van der Waals surface area (Å²) in [5.74, 6) is -0.388. The molecule has 0 aliphatic carbocycles. The van der Waals surface area contributed by atoms with E-state index in [1.54, 1.807) is 24.3 Å². The summed E-state index contributed by atoms with van der Waals surface area (Å²) >= 11 is 6.00.